The average Bonchev–Trinajstić information content (AvgIpc) is 2.34. The van der Waals surface area contributed by atoms with Crippen LogP contribution in [-0.2, 0) is 10.7 Å². The number of halogens is 2. The van der Waals surface area contributed by atoms with E-state index < -0.39 is 11.9 Å². The second-order valence-corrected chi connectivity index (χ2v) is 5.00. The van der Waals surface area contributed by atoms with Gasteiger partial charge in [0.15, 0.2) is 0 Å². The molecule has 0 fully saturated rings. The van der Waals surface area contributed by atoms with Crippen LogP contribution in [0.1, 0.15) is 45.1 Å². The lowest BCUT2D eigenvalue weighted by atomic mass is 10.0. The van der Waals surface area contributed by atoms with E-state index in [0.717, 1.165) is 0 Å². The van der Waals surface area contributed by atoms with E-state index in [1.807, 2.05) is 13.8 Å². The summed E-state index contributed by atoms with van der Waals surface area (Å²) >= 11 is 0. The summed E-state index contributed by atoms with van der Waals surface area (Å²) in [6.45, 7) is 3.73. The molecule has 1 aromatic rings. The van der Waals surface area contributed by atoms with E-state index in [4.69, 9.17) is 9.84 Å². The van der Waals surface area contributed by atoms with Crippen LogP contribution in [0.2, 0.25) is 0 Å². The lowest BCUT2D eigenvalue weighted by molar-refractivity contribution is -0.137. The standard InChI is InChI=1S/C15H20F2O3/c1-11(2)20-13-8-6-12(7-9-13)15(16,17)10-4-3-5-14(18)19/h6-9,11H,3-5,10H2,1-2H3,(H,18,19). The SMILES string of the molecule is CC(C)Oc1ccc(C(F)(F)CCCCC(=O)O)cc1. The molecule has 1 aromatic carbocycles. The Kier molecular flexibility index (Phi) is 5.92. The molecule has 0 aliphatic carbocycles. The van der Waals surface area contributed by atoms with Crippen LogP contribution >= 0.6 is 0 Å². The highest BCUT2D eigenvalue weighted by Gasteiger charge is 2.30. The molecule has 0 amide bonds. The van der Waals surface area contributed by atoms with Crippen LogP contribution in [0.5, 0.6) is 5.75 Å². The van der Waals surface area contributed by atoms with Crippen LogP contribution in [0.25, 0.3) is 0 Å². The molecule has 5 heteroatoms. The number of rotatable bonds is 8. The molecule has 1 rings (SSSR count). The Morgan fingerprint density at radius 1 is 1.25 bits per heavy atom. The fourth-order valence-corrected chi connectivity index (χ4v) is 1.82. The molecule has 0 atom stereocenters. The zero-order valence-corrected chi connectivity index (χ0v) is 11.7. The van der Waals surface area contributed by atoms with Crippen molar-refractivity contribution in [1.29, 1.82) is 0 Å². The van der Waals surface area contributed by atoms with Gasteiger partial charge >= 0.3 is 5.97 Å². The van der Waals surface area contributed by atoms with Crippen molar-refractivity contribution in [3.05, 3.63) is 29.8 Å². The molecule has 0 aliphatic rings. The molecule has 112 valence electrons. The summed E-state index contributed by atoms with van der Waals surface area (Å²) in [6, 6.07) is 5.77. The Bertz CT molecular complexity index is 427. The molecule has 0 saturated heterocycles. The number of hydrogen-bond donors (Lipinski definition) is 1. The molecule has 1 N–H and O–H groups in total. The molecule has 20 heavy (non-hydrogen) atoms. The lowest BCUT2D eigenvalue weighted by Gasteiger charge is -2.17. The van der Waals surface area contributed by atoms with E-state index in [1.54, 1.807) is 0 Å². The summed E-state index contributed by atoms with van der Waals surface area (Å²) in [5, 5.41) is 8.46. The normalized spacial score (nSPS) is 11.7. The lowest BCUT2D eigenvalue weighted by Crippen LogP contribution is -2.13. The molecule has 3 nitrogen and oxygen atoms in total. The quantitative estimate of drug-likeness (QED) is 0.728. The van der Waals surface area contributed by atoms with Crippen molar-refractivity contribution in [1.82, 2.24) is 0 Å². The summed E-state index contributed by atoms with van der Waals surface area (Å²) in [6.07, 6.45) is 0.0302. The van der Waals surface area contributed by atoms with Crippen molar-refractivity contribution in [2.24, 2.45) is 0 Å². The van der Waals surface area contributed by atoms with Gasteiger partial charge in [0.05, 0.1) is 6.10 Å². The van der Waals surface area contributed by atoms with Gasteiger partial charge in [0.1, 0.15) is 5.75 Å². The molecular weight excluding hydrogens is 266 g/mol. The van der Waals surface area contributed by atoms with Crippen LogP contribution in [0.15, 0.2) is 24.3 Å². The monoisotopic (exact) mass is 286 g/mol. The van der Waals surface area contributed by atoms with Gasteiger partial charge in [0.2, 0.25) is 0 Å². The maximum absolute atomic E-state index is 13.9. The van der Waals surface area contributed by atoms with Gasteiger partial charge < -0.3 is 9.84 Å². The molecule has 0 aromatic heterocycles. The van der Waals surface area contributed by atoms with Gasteiger partial charge in [-0.15, -0.1) is 0 Å². The van der Waals surface area contributed by atoms with Crippen molar-refractivity contribution < 1.29 is 23.4 Å². The minimum absolute atomic E-state index is 0.00243. The van der Waals surface area contributed by atoms with Crippen LogP contribution in [-0.4, -0.2) is 17.2 Å². The van der Waals surface area contributed by atoms with Gasteiger partial charge in [0.25, 0.3) is 5.92 Å². The van der Waals surface area contributed by atoms with Gasteiger partial charge in [-0.25, -0.2) is 8.78 Å². The van der Waals surface area contributed by atoms with E-state index in [1.165, 1.54) is 24.3 Å². The molecular formula is C15H20F2O3. The van der Waals surface area contributed by atoms with Gasteiger partial charge in [0, 0.05) is 18.4 Å². The number of unbranched alkanes of at least 4 members (excludes halogenated alkanes) is 1. The highest BCUT2D eigenvalue weighted by Crippen LogP contribution is 2.34. The number of ether oxygens (including phenoxy) is 1. The topological polar surface area (TPSA) is 46.5 Å². The predicted octanol–water partition coefficient (Wildman–Crippen LogP) is 4.21. The van der Waals surface area contributed by atoms with E-state index in [9.17, 15) is 13.6 Å². The highest BCUT2D eigenvalue weighted by molar-refractivity contribution is 5.66. The van der Waals surface area contributed by atoms with Crippen LogP contribution in [0.4, 0.5) is 8.78 Å². The number of aliphatic carboxylic acids is 1. The van der Waals surface area contributed by atoms with Crippen LogP contribution in [0.3, 0.4) is 0 Å². The number of carbonyl (C=O) groups is 1. The first-order chi connectivity index (χ1) is 9.31. The van der Waals surface area contributed by atoms with E-state index in [2.05, 4.69) is 0 Å². The number of benzene rings is 1. The van der Waals surface area contributed by atoms with E-state index in [-0.39, 0.29) is 37.4 Å². The second kappa shape index (κ2) is 7.22. The Morgan fingerprint density at radius 3 is 2.35 bits per heavy atom. The molecule has 0 aliphatic heterocycles. The van der Waals surface area contributed by atoms with Crippen molar-refractivity contribution in [3.63, 3.8) is 0 Å². The molecule has 0 radical (unpaired) electrons. The minimum atomic E-state index is -2.94. The molecule has 0 saturated carbocycles. The Hall–Kier alpha value is -1.65. The van der Waals surface area contributed by atoms with Crippen LogP contribution < -0.4 is 4.74 Å². The number of hydrogen-bond acceptors (Lipinski definition) is 2. The number of carboxylic acid groups (broad SMARTS) is 1. The molecule has 0 unspecified atom stereocenters. The third-order valence-electron chi connectivity index (χ3n) is 2.78. The fourth-order valence-electron chi connectivity index (χ4n) is 1.82. The molecule has 0 bridgehead atoms. The van der Waals surface area contributed by atoms with Gasteiger partial charge in [-0.1, -0.05) is 0 Å². The third kappa shape index (κ3) is 5.55. The van der Waals surface area contributed by atoms with Crippen molar-refractivity contribution in [3.8, 4) is 5.75 Å². The van der Waals surface area contributed by atoms with E-state index in [0.29, 0.717) is 5.75 Å². The Labute approximate surface area is 117 Å². The van der Waals surface area contributed by atoms with Gasteiger partial charge in [-0.05, 0) is 51.0 Å². The van der Waals surface area contributed by atoms with Crippen molar-refractivity contribution >= 4 is 5.97 Å². The summed E-state index contributed by atoms with van der Waals surface area (Å²) in [7, 11) is 0. The van der Waals surface area contributed by atoms with Crippen molar-refractivity contribution in [2.75, 3.05) is 0 Å². The zero-order valence-electron chi connectivity index (χ0n) is 11.7. The maximum Gasteiger partial charge on any atom is 0.303 e. The van der Waals surface area contributed by atoms with E-state index >= 15 is 0 Å². The fraction of sp³-hybridized carbons (Fsp3) is 0.533. The second-order valence-electron chi connectivity index (χ2n) is 5.00. The average molecular weight is 286 g/mol. The smallest absolute Gasteiger partial charge is 0.303 e. The Balaban J connectivity index is 2.55. The zero-order chi connectivity index (χ0) is 15.2. The molecule has 0 heterocycles. The number of alkyl halides is 2. The molecule has 0 spiro atoms. The summed E-state index contributed by atoms with van der Waals surface area (Å²) in [4.78, 5) is 10.3. The first-order valence-corrected chi connectivity index (χ1v) is 6.68. The highest BCUT2D eigenvalue weighted by atomic mass is 19.3. The Morgan fingerprint density at radius 2 is 1.85 bits per heavy atom. The first-order valence-electron chi connectivity index (χ1n) is 6.68. The first kappa shape index (κ1) is 16.4. The summed E-state index contributed by atoms with van der Waals surface area (Å²) in [5.41, 5.74) is -0.0658. The maximum atomic E-state index is 13.9. The van der Waals surface area contributed by atoms with Gasteiger partial charge in [-0.3, -0.25) is 4.79 Å². The third-order valence-corrected chi connectivity index (χ3v) is 2.78. The number of carboxylic acids is 1. The minimum Gasteiger partial charge on any atom is -0.491 e. The van der Waals surface area contributed by atoms with Crippen LogP contribution in [0, 0.1) is 0 Å². The summed E-state index contributed by atoms with van der Waals surface area (Å²) in [5.74, 6) is -3.33. The largest absolute Gasteiger partial charge is 0.491 e. The predicted molar refractivity (Wildman–Crippen MR) is 72.2 cm³/mol. The summed E-state index contributed by atoms with van der Waals surface area (Å²) < 4.78 is 33.2. The van der Waals surface area contributed by atoms with Crippen molar-refractivity contribution in [2.45, 2.75) is 51.6 Å². The van der Waals surface area contributed by atoms with Gasteiger partial charge in [-0.2, -0.15) is 0 Å².